The number of benzene rings is 1. The largest absolute Gasteiger partial charge is 0.478 e. The van der Waals surface area contributed by atoms with Crippen molar-refractivity contribution in [1.82, 2.24) is 0 Å². The molecule has 25 heavy (non-hydrogen) atoms. The zero-order valence-corrected chi connectivity index (χ0v) is 15.9. The summed E-state index contributed by atoms with van der Waals surface area (Å²) < 4.78 is 0. The van der Waals surface area contributed by atoms with Gasteiger partial charge in [0.25, 0.3) is 0 Å². The molecule has 0 radical (unpaired) electrons. The number of hydrogen-bond acceptors (Lipinski definition) is 5. The summed E-state index contributed by atoms with van der Waals surface area (Å²) in [5.74, 6) is 5.33. The monoisotopic (exact) mass is 370 g/mol. The van der Waals surface area contributed by atoms with Crippen molar-refractivity contribution >= 4 is 46.8 Å². The minimum atomic E-state index is -0.945. The van der Waals surface area contributed by atoms with Gasteiger partial charge in [-0.3, -0.25) is 0 Å². The number of carbonyl (C=O) groups is 1. The van der Waals surface area contributed by atoms with Gasteiger partial charge in [0.1, 0.15) is 4.87 Å². The molecule has 0 fully saturated rings. The fourth-order valence-corrected chi connectivity index (χ4v) is 4.78. The first kappa shape index (κ1) is 17.6. The van der Waals surface area contributed by atoms with Crippen LogP contribution in [0.5, 0.6) is 0 Å². The lowest BCUT2D eigenvalue weighted by molar-refractivity contribution is 0.0697. The molecule has 0 aliphatic carbocycles. The summed E-state index contributed by atoms with van der Waals surface area (Å²) in [7, 11) is 0. The second-order valence-corrected chi connectivity index (χ2v) is 7.69. The molecule has 1 N–H and O–H groups in total. The number of anilines is 1. The molecular weight excluding hydrogens is 352 g/mol. The molecule has 0 saturated carbocycles. The molecule has 0 bridgehead atoms. The van der Waals surface area contributed by atoms with Crippen LogP contribution in [0.2, 0.25) is 0 Å². The summed E-state index contributed by atoms with van der Waals surface area (Å²) in [6.45, 7) is 4.11. The van der Waals surface area contributed by atoms with Gasteiger partial charge < -0.3 is 10.0 Å². The summed E-state index contributed by atoms with van der Waals surface area (Å²) in [6, 6.07) is 7.02. The molecule has 2 aromatic rings. The number of aliphatic imine (C=N–C) groups is 1. The van der Waals surface area contributed by atoms with E-state index in [0.717, 1.165) is 22.5 Å². The predicted octanol–water partition coefficient (Wildman–Crippen LogP) is 4.92. The first-order valence-electron chi connectivity index (χ1n) is 7.84. The third-order valence-electron chi connectivity index (χ3n) is 4.14. The highest BCUT2D eigenvalue weighted by molar-refractivity contribution is 7.99. The van der Waals surface area contributed by atoms with Gasteiger partial charge in [-0.1, -0.05) is 30.9 Å². The highest BCUT2D eigenvalue weighted by Crippen LogP contribution is 2.50. The van der Waals surface area contributed by atoms with E-state index in [1.807, 2.05) is 35.6 Å². The van der Waals surface area contributed by atoms with Gasteiger partial charge in [0.05, 0.1) is 33.7 Å². The number of carboxylic acids is 1. The Balaban J connectivity index is 2.15. The summed E-state index contributed by atoms with van der Waals surface area (Å²) >= 11 is 3.28. The Kier molecular flexibility index (Phi) is 4.89. The van der Waals surface area contributed by atoms with Crippen molar-refractivity contribution in [3.05, 3.63) is 45.6 Å². The van der Waals surface area contributed by atoms with Crippen molar-refractivity contribution in [2.45, 2.75) is 25.1 Å². The van der Waals surface area contributed by atoms with Gasteiger partial charge in [-0.2, -0.15) is 0 Å². The number of thioether (sulfide) groups is 1. The third-order valence-corrected chi connectivity index (χ3v) is 6.64. The van der Waals surface area contributed by atoms with E-state index in [0.29, 0.717) is 5.69 Å². The molecule has 1 atom stereocenters. The average molecular weight is 370 g/mol. The van der Waals surface area contributed by atoms with Crippen LogP contribution in [0.3, 0.4) is 0 Å². The minimum Gasteiger partial charge on any atom is -0.478 e. The van der Waals surface area contributed by atoms with E-state index in [1.54, 1.807) is 41.6 Å². The van der Waals surface area contributed by atoms with Crippen LogP contribution >= 0.6 is 23.1 Å². The second kappa shape index (κ2) is 6.95. The fourth-order valence-electron chi connectivity index (χ4n) is 2.76. The van der Waals surface area contributed by atoms with Crippen LogP contribution in [-0.4, -0.2) is 23.7 Å². The molecule has 1 aliphatic heterocycles. The topological polar surface area (TPSA) is 52.9 Å². The number of hydrogen-bond donors (Lipinski definition) is 1. The summed E-state index contributed by atoms with van der Waals surface area (Å²) in [5.41, 5.74) is 2.73. The van der Waals surface area contributed by atoms with E-state index < -0.39 is 10.8 Å². The van der Waals surface area contributed by atoms with Gasteiger partial charge in [-0.25, -0.2) is 9.79 Å². The van der Waals surface area contributed by atoms with Gasteiger partial charge in [0.15, 0.2) is 0 Å². The van der Waals surface area contributed by atoms with E-state index in [1.165, 1.54) is 0 Å². The van der Waals surface area contributed by atoms with Crippen molar-refractivity contribution in [3.8, 4) is 11.8 Å². The van der Waals surface area contributed by atoms with Crippen LogP contribution in [-0.2, 0) is 4.87 Å². The van der Waals surface area contributed by atoms with Gasteiger partial charge >= 0.3 is 5.97 Å². The fraction of sp³-hybridized carbons (Fsp3) is 0.263. The van der Waals surface area contributed by atoms with Gasteiger partial charge in [0, 0.05) is 11.8 Å². The van der Waals surface area contributed by atoms with Crippen molar-refractivity contribution in [2.24, 2.45) is 4.99 Å². The van der Waals surface area contributed by atoms with Crippen LogP contribution in [0.25, 0.3) is 0 Å². The molecule has 4 nitrogen and oxygen atoms in total. The van der Waals surface area contributed by atoms with Crippen molar-refractivity contribution in [2.75, 3.05) is 11.2 Å². The number of carboxylic acid groups (broad SMARTS) is 1. The Labute approximate surface area is 155 Å². The molecule has 128 valence electrons. The smallest absolute Gasteiger partial charge is 0.337 e. The molecule has 0 saturated heterocycles. The number of nitrogens with zero attached hydrogens (tertiary/aromatic N) is 2. The molecule has 1 unspecified atom stereocenters. The number of fused-ring (bicyclic) bond motifs is 1. The Morgan fingerprint density at radius 3 is 2.88 bits per heavy atom. The molecule has 3 rings (SSSR count). The zero-order valence-electron chi connectivity index (χ0n) is 14.2. The Hall–Kier alpha value is -2.23. The van der Waals surface area contributed by atoms with Crippen LogP contribution < -0.4 is 4.90 Å². The summed E-state index contributed by atoms with van der Waals surface area (Å²) in [5, 5.41) is 11.6. The highest BCUT2D eigenvalue weighted by atomic mass is 32.2. The molecular formula is C19H18N2O2S2. The van der Waals surface area contributed by atoms with Crippen LogP contribution in [0.1, 0.15) is 41.1 Å². The molecule has 1 aromatic carbocycles. The molecule has 1 aliphatic rings. The van der Waals surface area contributed by atoms with Gasteiger partial charge in [-0.05, 0) is 25.3 Å². The van der Waals surface area contributed by atoms with E-state index in [2.05, 4.69) is 23.8 Å². The van der Waals surface area contributed by atoms with E-state index >= 15 is 0 Å². The van der Waals surface area contributed by atoms with Crippen molar-refractivity contribution < 1.29 is 9.90 Å². The van der Waals surface area contributed by atoms with E-state index in [-0.39, 0.29) is 5.56 Å². The highest BCUT2D eigenvalue weighted by Gasteiger charge is 2.40. The maximum absolute atomic E-state index is 11.6. The van der Waals surface area contributed by atoms with Gasteiger partial charge in [0.2, 0.25) is 0 Å². The lowest BCUT2D eigenvalue weighted by atomic mass is 10.1. The predicted molar refractivity (Wildman–Crippen MR) is 106 cm³/mol. The maximum Gasteiger partial charge on any atom is 0.337 e. The molecule has 1 aromatic heterocycles. The summed E-state index contributed by atoms with van der Waals surface area (Å²) in [6.07, 6.45) is 4.55. The second-order valence-electron chi connectivity index (χ2n) is 5.61. The Morgan fingerprint density at radius 2 is 2.20 bits per heavy atom. The number of thiophene rings is 1. The first-order valence-corrected chi connectivity index (χ1v) is 9.95. The van der Waals surface area contributed by atoms with E-state index in [4.69, 9.17) is 0 Å². The average Bonchev–Trinajstić information content (AvgIpc) is 3.04. The number of rotatable bonds is 3. The normalized spacial score (nSPS) is 18.4. The first-order chi connectivity index (χ1) is 12.0. The molecule has 0 amide bonds. The van der Waals surface area contributed by atoms with Crippen molar-refractivity contribution in [1.29, 1.82) is 0 Å². The third kappa shape index (κ3) is 2.94. The van der Waals surface area contributed by atoms with Gasteiger partial charge in [-0.15, -0.1) is 23.1 Å². The van der Waals surface area contributed by atoms with Crippen LogP contribution in [0.15, 0.2) is 34.6 Å². The Bertz CT molecular complexity index is 908. The summed E-state index contributed by atoms with van der Waals surface area (Å²) in [4.78, 5) is 18.8. The quantitative estimate of drug-likeness (QED) is 0.779. The van der Waals surface area contributed by atoms with Crippen LogP contribution in [0.4, 0.5) is 11.4 Å². The standard InChI is InChI=1S/C19H18N2O2S2/c1-4-5-8-13-11-25-17-16(13)20-12-21(19(17,2)24-3)15-10-7-6-9-14(15)18(22)23/h6-7,9-12H,4H2,1-3H3,(H,22,23). The minimum absolute atomic E-state index is 0.264. The molecule has 6 heteroatoms. The SMILES string of the molecule is CCC#Cc1csc2c1N=CN(c1ccccc1C(=O)O)C2(C)SC. The van der Waals surface area contributed by atoms with Crippen molar-refractivity contribution in [3.63, 3.8) is 0 Å². The number of aromatic carboxylic acids is 1. The maximum atomic E-state index is 11.6. The van der Waals surface area contributed by atoms with E-state index in [9.17, 15) is 9.90 Å². The zero-order chi connectivity index (χ0) is 18.0. The lowest BCUT2D eigenvalue weighted by Crippen LogP contribution is -2.42. The van der Waals surface area contributed by atoms with Crippen LogP contribution in [0, 0.1) is 11.8 Å². The molecule has 2 heterocycles. The number of para-hydroxylation sites is 1. The Morgan fingerprint density at radius 1 is 1.44 bits per heavy atom. The lowest BCUT2D eigenvalue weighted by Gasteiger charge is -2.41. The molecule has 0 spiro atoms.